The molecule has 0 aliphatic carbocycles. The smallest absolute Gasteiger partial charge is 0.136 e. The van der Waals surface area contributed by atoms with Crippen LogP contribution in [0.1, 0.15) is 5.56 Å². The number of nitrogens with zero attached hydrogens (tertiary/aromatic N) is 1. The van der Waals surface area contributed by atoms with Crippen molar-refractivity contribution in [3.05, 3.63) is 89.7 Å². The quantitative estimate of drug-likeness (QED) is 0.230. The molecule has 124 valence electrons. The summed E-state index contributed by atoms with van der Waals surface area (Å²) >= 11 is 6.26. The number of hydrogen-bond donors (Lipinski definition) is 0. The van der Waals surface area contributed by atoms with Gasteiger partial charge < -0.3 is 0 Å². The van der Waals surface area contributed by atoms with Gasteiger partial charge in [-0.25, -0.2) is 4.98 Å². The highest BCUT2D eigenvalue weighted by Gasteiger charge is 2.08. The molecular weight excluding hydrogens is 338 g/mol. The summed E-state index contributed by atoms with van der Waals surface area (Å²) in [6, 6.07) is 26.0. The van der Waals surface area contributed by atoms with E-state index in [9.17, 15) is 0 Å². The normalized spacial score (nSPS) is 11.5. The molecule has 0 fully saturated rings. The SMILES string of the molecule is Cc1ccc(-c2ccc3c(ccc4c5ccnc(Cl)c5ccc34)c2)cc1. The van der Waals surface area contributed by atoms with E-state index < -0.39 is 0 Å². The Bertz CT molecular complexity index is 1290. The third-order valence-corrected chi connectivity index (χ3v) is 5.40. The first-order valence-corrected chi connectivity index (χ1v) is 9.05. The second-order valence-electron chi connectivity index (χ2n) is 6.73. The molecule has 5 rings (SSSR count). The zero-order chi connectivity index (χ0) is 17.7. The highest BCUT2D eigenvalue weighted by Crippen LogP contribution is 2.34. The number of halogens is 1. The van der Waals surface area contributed by atoms with Crippen molar-refractivity contribution >= 4 is 43.9 Å². The van der Waals surface area contributed by atoms with Gasteiger partial charge in [0.1, 0.15) is 5.15 Å². The van der Waals surface area contributed by atoms with Crippen molar-refractivity contribution in [1.82, 2.24) is 4.98 Å². The van der Waals surface area contributed by atoms with Crippen molar-refractivity contribution in [3.8, 4) is 11.1 Å². The molecule has 0 aliphatic heterocycles. The Morgan fingerprint density at radius 3 is 2.08 bits per heavy atom. The molecule has 2 heteroatoms. The molecule has 0 spiro atoms. The molecule has 0 saturated carbocycles. The standard InChI is InChI=1S/C24H16ClN/c1-15-2-4-16(5-3-15)17-6-8-19-18(14-17)7-9-21-20(19)10-11-23-22(21)12-13-26-24(23)25/h2-14H,1H3. The van der Waals surface area contributed by atoms with Crippen LogP contribution in [0.25, 0.3) is 43.4 Å². The lowest BCUT2D eigenvalue weighted by Gasteiger charge is -2.10. The van der Waals surface area contributed by atoms with Gasteiger partial charge in [0.25, 0.3) is 0 Å². The van der Waals surface area contributed by atoms with Crippen LogP contribution in [0.2, 0.25) is 5.15 Å². The van der Waals surface area contributed by atoms with Crippen molar-refractivity contribution in [1.29, 1.82) is 0 Å². The van der Waals surface area contributed by atoms with Crippen molar-refractivity contribution in [3.63, 3.8) is 0 Å². The maximum absolute atomic E-state index is 6.26. The molecule has 0 bridgehead atoms. The van der Waals surface area contributed by atoms with E-state index in [0.29, 0.717) is 5.15 Å². The second kappa shape index (κ2) is 5.82. The number of fused-ring (bicyclic) bond motifs is 5. The predicted octanol–water partition coefficient (Wildman–Crippen LogP) is 7.17. The number of aromatic nitrogens is 1. The summed E-state index contributed by atoms with van der Waals surface area (Å²) in [6.07, 6.45) is 1.77. The third kappa shape index (κ3) is 2.36. The van der Waals surface area contributed by atoms with E-state index in [-0.39, 0.29) is 0 Å². The van der Waals surface area contributed by atoms with Gasteiger partial charge in [-0.15, -0.1) is 0 Å². The first-order chi connectivity index (χ1) is 12.7. The average Bonchev–Trinajstić information content (AvgIpc) is 2.68. The third-order valence-electron chi connectivity index (χ3n) is 5.09. The van der Waals surface area contributed by atoms with E-state index in [1.54, 1.807) is 6.20 Å². The summed E-state index contributed by atoms with van der Waals surface area (Å²) in [6.45, 7) is 2.11. The van der Waals surface area contributed by atoms with Crippen molar-refractivity contribution < 1.29 is 0 Å². The highest BCUT2D eigenvalue weighted by atomic mass is 35.5. The molecule has 0 amide bonds. The molecule has 26 heavy (non-hydrogen) atoms. The first-order valence-electron chi connectivity index (χ1n) is 8.67. The number of pyridine rings is 1. The predicted molar refractivity (Wildman–Crippen MR) is 112 cm³/mol. The molecule has 0 unspecified atom stereocenters. The van der Waals surface area contributed by atoms with Crippen molar-refractivity contribution in [2.24, 2.45) is 0 Å². The molecule has 0 saturated heterocycles. The fourth-order valence-corrected chi connectivity index (χ4v) is 3.92. The number of aryl methyl sites for hydroxylation is 1. The summed E-state index contributed by atoms with van der Waals surface area (Å²) in [5.41, 5.74) is 3.76. The Labute approximate surface area is 156 Å². The zero-order valence-corrected chi connectivity index (χ0v) is 15.1. The van der Waals surface area contributed by atoms with Gasteiger partial charge in [-0.1, -0.05) is 77.8 Å². The fourth-order valence-electron chi connectivity index (χ4n) is 3.70. The van der Waals surface area contributed by atoms with E-state index in [4.69, 9.17) is 11.6 Å². The Morgan fingerprint density at radius 1 is 0.615 bits per heavy atom. The molecule has 1 heterocycles. The van der Waals surface area contributed by atoms with Crippen LogP contribution < -0.4 is 0 Å². The van der Waals surface area contributed by atoms with Crippen LogP contribution in [0.4, 0.5) is 0 Å². The summed E-state index contributed by atoms with van der Waals surface area (Å²) in [5.74, 6) is 0. The van der Waals surface area contributed by atoms with E-state index in [2.05, 4.69) is 78.6 Å². The second-order valence-corrected chi connectivity index (χ2v) is 7.08. The first kappa shape index (κ1) is 15.4. The molecule has 1 nitrogen and oxygen atoms in total. The zero-order valence-electron chi connectivity index (χ0n) is 14.3. The molecule has 0 aliphatic rings. The number of rotatable bonds is 1. The summed E-state index contributed by atoms with van der Waals surface area (Å²) < 4.78 is 0. The van der Waals surface area contributed by atoms with Crippen LogP contribution in [0, 0.1) is 6.92 Å². The minimum atomic E-state index is 0.555. The number of hydrogen-bond acceptors (Lipinski definition) is 1. The molecule has 0 radical (unpaired) electrons. The fraction of sp³-hybridized carbons (Fsp3) is 0.0417. The topological polar surface area (TPSA) is 12.9 Å². The lowest BCUT2D eigenvalue weighted by molar-refractivity contribution is 1.37. The van der Waals surface area contributed by atoms with E-state index in [1.807, 2.05) is 6.07 Å². The van der Waals surface area contributed by atoms with Crippen LogP contribution in [-0.2, 0) is 0 Å². The van der Waals surface area contributed by atoms with Gasteiger partial charge in [-0.2, -0.15) is 0 Å². The Kier molecular flexibility index (Phi) is 3.44. The maximum atomic E-state index is 6.26. The van der Waals surface area contributed by atoms with Crippen LogP contribution in [-0.4, -0.2) is 4.98 Å². The van der Waals surface area contributed by atoms with E-state index in [1.165, 1.54) is 38.2 Å². The maximum Gasteiger partial charge on any atom is 0.136 e. The van der Waals surface area contributed by atoms with Gasteiger partial charge in [0.2, 0.25) is 0 Å². The van der Waals surface area contributed by atoms with Crippen molar-refractivity contribution in [2.75, 3.05) is 0 Å². The lowest BCUT2D eigenvalue weighted by atomic mass is 9.95. The van der Waals surface area contributed by atoms with Crippen LogP contribution in [0.15, 0.2) is 79.0 Å². The van der Waals surface area contributed by atoms with Crippen molar-refractivity contribution in [2.45, 2.75) is 6.92 Å². The van der Waals surface area contributed by atoms with Gasteiger partial charge in [-0.05, 0) is 57.1 Å². The molecule has 5 aromatic rings. The average molecular weight is 354 g/mol. The monoisotopic (exact) mass is 353 g/mol. The molecule has 0 atom stereocenters. The number of benzene rings is 4. The lowest BCUT2D eigenvalue weighted by Crippen LogP contribution is -1.84. The van der Waals surface area contributed by atoms with Crippen LogP contribution >= 0.6 is 11.6 Å². The molecule has 0 N–H and O–H groups in total. The van der Waals surface area contributed by atoms with Crippen LogP contribution in [0.5, 0.6) is 0 Å². The summed E-state index contributed by atoms with van der Waals surface area (Å²) in [7, 11) is 0. The minimum Gasteiger partial charge on any atom is -0.244 e. The van der Waals surface area contributed by atoms with Gasteiger partial charge in [0, 0.05) is 11.6 Å². The Hall–Kier alpha value is -2.90. The minimum absolute atomic E-state index is 0.555. The molecule has 1 aromatic heterocycles. The van der Waals surface area contributed by atoms with E-state index >= 15 is 0 Å². The molecule has 4 aromatic carbocycles. The van der Waals surface area contributed by atoms with Crippen LogP contribution in [0.3, 0.4) is 0 Å². The summed E-state index contributed by atoms with van der Waals surface area (Å²) in [5, 5.41) is 7.65. The largest absolute Gasteiger partial charge is 0.244 e. The van der Waals surface area contributed by atoms with Gasteiger partial charge >= 0.3 is 0 Å². The van der Waals surface area contributed by atoms with Gasteiger partial charge in [-0.3, -0.25) is 0 Å². The summed E-state index contributed by atoms with van der Waals surface area (Å²) in [4.78, 5) is 4.19. The highest BCUT2D eigenvalue weighted by molar-refractivity contribution is 6.35. The molecular formula is C24H16ClN. The van der Waals surface area contributed by atoms with Gasteiger partial charge in [0.15, 0.2) is 0 Å². The van der Waals surface area contributed by atoms with E-state index in [0.717, 1.165) is 10.8 Å². The van der Waals surface area contributed by atoms with Gasteiger partial charge in [0.05, 0.1) is 0 Å². The Morgan fingerprint density at radius 2 is 1.23 bits per heavy atom. The Balaban J connectivity index is 1.77.